The molecule has 3 fully saturated rings. The molecule has 2 nitrogen and oxygen atoms in total. The average molecular weight is 350 g/mol. The lowest BCUT2D eigenvalue weighted by atomic mass is 9.48. The molecule has 8 atom stereocenters. The van der Waals surface area contributed by atoms with E-state index in [1.165, 1.54) is 30.4 Å². The van der Waals surface area contributed by atoms with E-state index in [1.807, 2.05) is 6.08 Å². The van der Waals surface area contributed by atoms with Gasteiger partial charge in [-0.1, -0.05) is 37.6 Å². The van der Waals surface area contributed by atoms with Crippen LogP contribution < -0.4 is 0 Å². The summed E-state index contributed by atoms with van der Waals surface area (Å²) in [6.07, 6.45) is 10.5. The van der Waals surface area contributed by atoms with Crippen LogP contribution in [0.1, 0.15) is 52.4 Å². The summed E-state index contributed by atoms with van der Waals surface area (Å²) in [4.78, 5) is 12.3. The van der Waals surface area contributed by atoms with Crippen molar-refractivity contribution in [3.05, 3.63) is 36.5 Å². The molecule has 4 aliphatic rings. The molecule has 0 saturated heterocycles. The number of allylic oxidation sites excluding steroid dienone is 3. The van der Waals surface area contributed by atoms with Gasteiger partial charge in [-0.25, -0.2) is 0 Å². The topological polar surface area (TPSA) is 40.9 Å². The fourth-order valence-electron chi connectivity index (χ4n) is 7.46. The predicted octanol–water partition coefficient (Wildman–Crippen LogP) is 5.48. The van der Waals surface area contributed by atoms with Gasteiger partial charge in [0.25, 0.3) is 0 Å². The van der Waals surface area contributed by atoms with Gasteiger partial charge in [0.1, 0.15) is 5.92 Å². The van der Waals surface area contributed by atoms with Crippen molar-refractivity contribution >= 4 is 5.78 Å². The highest BCUT2D eigenvalue weighted by atomic mass is 16.1. The molecule has 0 heterocycles. The molecule has 0 bridgehead atoms. The van der Waals surface area contributed by atoms with E-state index in [1.54, 1.807) is 0 Å². The van der Waals surface area contributed by atoms with Crippen LogP contribution in [0, 0.1) is 58.2 Å². The van der Waals surface area contributed by atoms with Crippen molar-refractivity contribution in [2.24, 2.45) is 46.8 Å². The third-order valence-corrected chi connectivity index (χ3v) is 8.58. The molecule has 4 rings (SSSR count). The molecular weight excluding hydrogens is 318 g/mol. The number of nitriles is 1. The van der Waals surface area contributed by atoms with E-state index in [4.69, 9.17) is 0 Å². The van der Waals surface area contributed by atoms with Gasteiger partial charge in [0, 0.05) is 0 Å². The van der Waals surface area contributed by atoms with Crippen molar-refractivity contribution in [2.75, 3.05) is 0 Å². The Morgan fingerprint density at radius 2 is 2.19 bits per heavy atom. The Balaban J connectivity index is 1.73. The first-order chi connectivity index (χ1) is 12.4. The lowest BCUT2D eigenvalue weighted by molar-refractivity contribution is -0.118. The summed E-state index contributed by atoms with van der Waals surface area (Å²) >= 11 is 0. The van der Waals surface area contributed by atoms with E-state index >= 15 is 0 Å². The number of carbonyl (C=O) groups is 1. The Labute approximate surface area is 158 Å². The zero-order chi connectivity index (χ0) is 18.6. The Morgan fingerprint density at radius 3 is 2.85 bits per heavy atom. The van der Waals surface area contributed by atoms with Crippen molar-refractivity contribution in [1.29, 1.82) is 5.26 Å². The first-order valence-corrected chi connectivity index (χ1v) is 10.4. The van der Waals surface area contributed by atoms with Crippen LogP contribution in [0.4, 0.5) is 0 Å². The molecule has 0 aromatic carbocycles. The van der Waals surface area contributed by atoms with E-state index in [2.05, 4.69) is 39.2 Å². The van der Waals surface area contributed by atoms with Crippen LogP contribution in [0.3, 0.4) is 0 Å². The van der Waals surface area contributed by atoms with Gasteiger partial charge in [-0.2, -0.15) is 5.26 Å². The molecule has 4 aliphatic carbocycles. The van der Waals surface area contributed by atoms with E-state index in [0.717, 1.165) is 19.3 Å². The molecule has 1 unspecified atom stereocenters. The highest BCUT2D eigenvalue weighted by Crippen LogP contribution is 2.66. The first kappa shape index (κ1) is 17.8. The highest BCUT2D eigenvalue weighted by Gasteiger charge is 2.59. The number of ketones is 1. The summed E-state index contributed by atoms with van der Waals surface area (Å²) in [7, 11) is 0. The molecular formula is C24H31NO. The second-order valence-electron chi connectivity index (χ2n) is 9.46. The summed E-state index contributed by atoms with van der Waals surface area (Å²) in [5.41, 5.74) is 3.13. The van der Waals surface area contributed by atoms with Crippen LogP contribution in [0.25, 0.3) is 0 Å². The Bertz CT molecular complexity index is 725. The summed E-state index contributed by atoms with van der Waals surface area (Å²) < 4.78 is 0. The molecule has 0 N–H and O–H groups in total. The van der Waals surface area contributed by atoms with Crippen LogP contribution in [-0.4, -0.2) is 5.78 Å². The number of rotatable bonds is 2. The Kier molecular flexibility index (Phi) is 4.25. The minimum Gasteiger partial charge on any atom is -0.293 e. The van der Waals surface area contributed by atoms with Gasteiger partial charge in [0.2, 0.25) is 0 Å². The maximum Gasteiger partial charge on any atom is 0.172 e. The Hall–Kier alpha value is -1.62. The first-order valence-electron chi connectivity index (χ1n) is 10.4. The van der Waals surface area contributed by atoms with Gasteiger partial charge < -0.3 is 0 Å². The van der Waals surface area contributed by atoms with Gasteiger partial charge >= 0.3 is 0 Å². The second kappa shape index (κ2) is 6.22. The third kappa shape index (κ3) is 2.32. The Morgan fingerprint density at radius 1 is 1.42 bits per heavy atom. The largest absolute Gasteiger partial charge is 0.293 e. The smallest absolute Gasteiger partial charge is 0.172 e. The summed E-state index contributed by atoms with van der Waals surface area (Å²) in [6.45, 7) is 13.4. The molecule has 2 heteroatoms. The summed E-state index contributed by atoms with van der Waals surface area (Å²) in [5, 5.41) is 9.41. The zero-order valence-corrected chi connectivity index (χ0v) is 16.2. The standard InChI is InChI=1S/C24H31NO/c1-5-15-10-16-12-22(26)17(13-25)11-19(16)18-7-8-24(4)20(6-2)14(3)9-21(24)23(15)18/h5,12,15,17-21,23H,1,3,6-11H2,2,4H3/t15-,17?,18-,19+,20-,21+,23-,24-/m1/s1. The molecule has 138 valence electrons. The third-order valence-electron chi connectivity index (χ3n) is 8.58. The summed E-state index contributed by atoms with van der Waals surface area (Å²) in [6, 6.07) is 2.26. The summed E-state index contributed by atoms with van der Waals surface area (Å²) in [5.74, 6) is 3.05. The van der Waals surface area contributed by atoms with Crippen molar-refractivity contribution in [3.63, 3.8) is 0 Å². The van der Waals surface area contributed by atoms with Crippen molar-refractivity contribution < 1.29 is 4.79 Å². The van der Waals surface area contributed by atoms with Gasteiger partial charge in [-0.15, -0.1) is 6.58 Å². The number of fused-ring (bicyclic) bond motifs is 5. The molecule has 0 spiro atoms. The minimum atomic E-state index is -0.431. The molecule has 3 saturated carbocycles. The van der Waals surface area contributed by atoms with Gasteiger partial charge in [0.15, 0.2) is 5.78 Å². The van der Waals surface area contributed by atoms with Crippen LogP contribution in [-0.2, 0) is 4.79 Å². The maximum atomic E-state index is 12.3. The molecule has 0 aromatic rings. The monoisotopic (exact) mass is 349 g/mol. The lowest BCUT2D eigenvalue weighted by Gasteiger charge is -2.56. The zero-order valence-electron chi connectivity index (χ0n) is 16.2. The van der Waals surface area contributed by atoms with Crippen LogP contribution in [0.15, 0.2) is 36.5 Å². The van der Waals surface area contributed by atoms with Gasteiger partial charge in [0.05, 0.1) is 6.07 Å². The maximum absolute atomic E-state index is 12.3. The molecule has 26 heavy (non-hydrogen) atoms. The quantitative estimate of drug-likeness (QED) is 0.619. The van der Waals surface area contributed by atoms with Crippen LogP contribution >= 0.6 is 0 Å². The van der Waals surface area contributed by atoms with E-state index in [0.29, 0.717) is 40.9 Å². The fourth-order valence-corrected chi connectivity index (χ4v) is 7.46. The SMILES string of the molecule is C=C[C@@H]1CC2=CC(=O)C(C#N)C[C@@H]2[C@H]2CC[C@]3(C)[C@H](CC)C(=C)C[C@H]3[C@@H]21. The highest BCUT2D eigenvalue weighted by molar-refractivity contribution is 5.95. The molecule has 0 amide bonds. The second-order valence-corrected chi connectivity index (χ2v) is 9.46. The van der Waals surface area contributed by atoms with Gasteiger partial charge in [-0.05, 0) is 85.5 Å². The number of hydrogen-bond donors (Lipinski definition) is 0. The van der Waals surface area contributed by atoms with Crippen LogP contribution in [0.5, 0.6) is 0 Å². The van der Waals surface area contributed by atoms with Crippen LogP contribution in [0.2, 0.25) is 0 Å². The molecule has 0 aliphatic heterocycles. The number of nitrogens with zero attached hydrogens (tertiary/aromatic N) is 1. The number of carbonyl (C=O) groups excluding carboxylic acids is 1. The van der Waals surface area contributed by atoms with E-state index in [-0.39, 0.29) is 5.78 Å². The van der Waals surface area contributed by atoms with Gasteiger partial charge in [-0.3, -0.25) is 4.79 Å². The molecule has 0 aromatic heterocycles. The van der Waals surface area contributed by atoms with Crippen molar-refractivity contribution in [2.45, 2.75) is 52.4 Å². The minimum absolute atomic E-state index is 0.0287. The predicted molar refractivity (Wildman–Crippen MR) is 104 cm³/mol. The van der Waals surface area contributed by atoms with E-state index < -0.39 is 5.92 Å². The molecule has 0 radical (unpaired) electrons. The number of hydrogen-bond acceptors (Lipinski definition) is 2. The average Bonchev–Trinajstić information content (AvgIpc) is 2.89. The van der Waals surface area contributed by atoms with E-state index in [9.17, 15) is 10.1 Å². The van der Waals surface area contributed by atoms with Crippen molar-refractivity contribution in [1.82, 2.24) is 0 Å². The van der Waals surface area contributed by atoms with Crippen molar-refractivity contribution in [3.8, 4) is 6.07 Å². The lowest BCUT2D eigenvalue weighted by Crippen LogP contribution is -2.50. The fraction of sp³-hybridized carbons (Fsp3) is 0.667. The normalized spacial score (nSPS) is 47.3.